The van der Waals surface area contributed by atoms with Crippen molar-refractivity contribution in [2.24, 2.45) is 5.41 Å². The Balaban J connectivity index is 1.76. The lowest BCUT2D eigenvalue weighted by molar-refractivity contribution is -0.118. The molecule has 0 fully saturated rings. The fourth-order valence-corrected chi connectivity index (χ4v) is 5.69. The predicted octanol–water partition coefficient (Wildman–Crippen LogP) is 7.39. The fraction of sp³-hybridized carbons (Fsp3) is 0.345. The molecular formula is C29H34N2O4S2. The van der Waals surface area contributed by atoms with Crippen LogP contribution in [0.4, 0.5) is 10.7 Å². The molecule has 2 N–H and O–H groups in total. The van der Waals surface area contributed by atoms with Crippen LogP contribution in [0.1, 0.15) is 56.5 Å². The highest BCUT2D eigenvalue weighted by atomic mass is 32.2. The maximum atomic E-state index is 13.3. The quantitative estimate of drug-likeness (QED) is 0.219. The SMILES string of the molecule is CCC(Sc1cccc(NC(=O)CC(C)(C)C)c1)C(=O)Nc1scc(-c2ccc(C)cc2)c1C(=O)OC. The number of rotatable bonds is 9. The molecular weight excluding hydrogens is 504 g/mol. The highest BCUT2D eigenvalue weighted by molar-refractivity contribution is 8.00. The zero-order valence-corrected chi connectivity index (χ0v) is 23.8. The summed E-state index contributed by atoms with van der Waals surface area (Å²) in [6.07, 6.45) is 0.999. The largest absolute Gasteiger partial charge is 0.465 e. The molecule has 1 atom stereocenters. The van der Waals surface area contributed by atoms with Crippen LogP contribution in [0.5, 0.6) is 0 Å². The van der Waals surface area contributed by atoms with Gasteiger partial charge in [0.05, 0.1) is 12.4 Å². The van der Waals surface area contributed by atoms with Crippen molar-refractivity contribution in [1.29, 1.82) is 0 Å². The molecule has 8 heteroatoms. The van der Waals surface area contributed by atoms with Gasteiger partial charge in [0.1, 0.15) is 10.6 Å². The lowest BCUT2D eigenvalue weighted by Crippen LogP contribution is -2.25. The Morgan fingerprint density at radius 3 is 2.38 bits per heavy atom. The Kier molecular flexibility index (Phi) is 9.56. The highest BCUT2D eigenvalue weighted by Crippen LogP contribution is 2.37. The minimum absolute atomic E-state index is 0.0446. The summed E-state index contributed by atoms with van der Waals surface area (Å²) in [5, 5.41) is 7.84. The van der Waals surface area contributed by atoms with Crippen molar-refractivity contribution >= 4 is 51.6 Å². The number of thioether (sulfide) groups is 1. The second kappa shape index (κ2) is 12.4. The molecule has 6 nitrogen and oxygen atoms in total. The zero-order valence-electron chi connectivity index (χ0n) is 22.1. The maximum absolute atomic E-state index is 13.3. The standard InChI is InChI=1S/C29H34N2O4S2/c1-7-23(37-21-10-8-9-20(15-21)30-24(32)16-29(3,4)5)26(33)31-27-25(28(34)35-6)22(17-36-27)19-13-11-18(2)12-14-19/h8-15,17,23H,7,16H2,1-6H3,(H,30,32)(H,31,33). The van der Waals surface area contributed by atoms with Crippen LogP contribution in [0.3, 0.4) is 0 Å². The molecule has 0 saturated heterocycles. The maximum Gasteiger partial charge on any atom is 0.341 e. The summed E-state index contributed by atoms with van der Waals surface area (Å²) in [6, 6.07) is 15.4. The molecule has 3 rings (SSSR count). The molecule has 2 aromatic carbocycles. The monoisotopic (exact) mass is 538 g/mol. The summed E-state index contributed by atoms with van der Waals surface area (Å²) in [7, 11) is 1.34. The number of aryl methyl sites for hydroxylation is 1. The molecule has 2 amide bonds. The molecule has 0 aliphatic heterocycles. The molecule has 0 radical (unpaired) electrons. The third-order valence-corrected chi connectivity index (χ3v) is 7.78. The summed E-state index contributed by atoms with van der Waals surface area (Å²) < 4.78 is 5.04. The Morgan fingerprint density at radius 1 is 1.05 bits per heavy atom. The van der Waals surface area contributed by atoms with Gasteiger partial charge in [-0.2, -0.15) is 0 Å². The van der Waals surface area contributed by atoms with Crippen molar-refractivity contribution < 1.29 is 19.1 Å². The van der Waals surface area contributed by atoms with Crippen molar-refractivity contribution in [3.63, 3.8) is 0 Å². The van der Waals surface area contributed by atoms with Crippen molar-refractivity contribution in [3.05, 3.63) is 65.0 Å². The first-order valence-electron chi connectivity index (χ1n) is 12.1. The molecule has 1 unspecified atom stereocenters. The molecule has 3 aromatic rings. The Morgan fingerprint density at radius 2 is 1.76 bits per heavy atom. The van der Waals surface area contributed by atoms with Gasteiger partial charge in [-0.3, -0.25) is 9.59 Å². The highest BCUT2D eigenvalue weighted by Gasteiger charge is 2.25. The van der Waals surface area contributed by atoms with Gasteiger partial charge in [-0.15, -0.1) is 23.1 Å². The third kappa shape index (κ3) is 7.94. The number of methoxy groups -OCH3 is 1. The second-order valence-corrected chi connectivity index (χ2v) is 12.2. The number of benzene rings is 2. The lowest BCUT2D eigenvalue weighted by Gasteiger charge is -2.18. The van der Waals surface area contributed by atoms with Gasteiger partial charge >= 0.3 is 5.97 Å². The number of nitrogens with one attached hydrogen (secondary N) is 2. The number of thiophene rings is 1. The first-order chi connectivity index (χ1) is 17.5. The van der Waals surface area contributed by atoms with Crippen LogP contribution in [-0.4, -0.2) is 30.1 Å². The number of hydrogen-bond donors (Lipinski definition) is 2. The summed E-state index contributed by atoms with van der Waals surface area (Å²) in [4.78, 5) is 39.2. The number of esters is 1. The summed E-state index contributed by atoms with van der Waals surface area (Å²) in [5.74, 6) is -0.736. The van der Waals surface area contributed by atoms with Gasteiger partial charge < -0.3 is 15.4 Å². The van der Waals surface area contributed by atoms with E-state index in [0.717, 1.165) is 21.6 Å². The topological polar surface area (TPSA) is 84.5 Å². The van der Waals surface area contributed by atoms with Gasteiger partial charge in [0.2, 0.25) is 11.8 Å². The van der Waals surface area contributed by atoms with E-state index in [4.69, 9.17) is 4.74 Å². The normalized spacial score (nSPS) is 12.1. The molecule has 196 valence electrons. The van der Waals surface area contributed by atoms with E-state index < -0.39 is 11.2 Å². The molecule has 0 bridgehead atoms. The van der Waals surface area contributed by atoms with Crippen molar-refractivity contribution in [3.8, 4) is 11.1 Å². The van der Waals surface area contributed by atoms with Crippen LogP contribution in [0.25, 0.3) is 11.1 Å². The van der Waals surface area contributed by atoms with Gasteiger partial charge in [-0.05, 0) is 42.5 Å². The van der Waals surface area contributed by atoms with Gasteiger partial charge in [-0.1, -0.05) is 63.6 Å². The van der Waals surface area contributed by atoms with Gasteiger partial charge in [0.15, 0.2) is 0 Å². The number of anilines is 2. The van der Waals surface area contributed by atoms with Crippen LogP contribution < -0.4 is 10.6 Å². The van der Waals surface area contributed by atoms with Crippen LogP contribution >= 0.6 is 23.1 Å². The molecule has 0 spiro atoms. The Labute approximate surface area is 227 Å². The number of carbonyl (C=O) groups excluding carboxylic acids is 3. The van der Waals surface area contributed by atoms with E-state index in [0.29, 0.717) is 29.1 Å². The fourth-order valence-electron chi connectivity index (χ4n) is 3.71. The van der Waals surface area contributed by atoms with Crippen LogP contribution in [0.15, 0.2) is 58.8 Å². The average molecular weight is 539 g/mol. The number of amides is 2. The molecule has 1 heterocycles. The van der Waals surface area contributed by atoms with Crippen molar-refractivity contribution in [2.75, 3.05) is 17.7 Å². The van der Waals surface area contributed by atoms with E-state index in [1.807, 2.05) is 88.5 Å². The van der Waals surface area contributed by atoms with E-state index in [1.54, 1.807) is 0 Å². The summed E-state index contributed by atoms with van der Waals surface area (Å²) in [5.41, 5.74) is 3.68. The number of hydrogen-bond acceptors (Lipinski definition) is 6. The third-order valence-electron chi connectivity index (χ3n) is 5.53. The van der Waals surface area contributed by atoms with Gasteiger partial charge in [0, 0.05) is 27.9 Å². The van der Waals surface area contributed by atoms with Crippen LogP contribution in [-0.2, 0) is 14.3 Å². The van der Waals surface area contributed by atoms with Crippen molar-refractivity contribution in [1.82, 2.24) is 0 Å². The van der Waals surface area contributed by atoms with E-state index >= 15 is 0 Å². The van der Waals surface area contributed by atoms with Gasteiger partial charge in [-0.25, -0.2) is 4.79 Å². The lowest BCUT2D eigenvalue weighted by atomic mass is 9.92. The zero-order chi connectivity index (χ0) is 27.2. The number of carbonyl (C=O) groups is 3. The summed E-state index contributed by atoms with van der Waals surface area (Å²) in [6.45, 7) is 10.0. The predicted molar refractivity (Wildman–Crippen MR) is 154 cm³/mol. The minimum Gasteiger partial charge on any atom is -0.465 e. The minimum atomic E-state index is -0.494. The smallest absolute Gasteiger partial charge is 0.341 e. The van der Waals surface area contributed by atoms with Crippen LogP contribution in [0.2, 0.25) is 0 Å². The molecule has 0 aliphatic carbocycles. The second-order valence-electron chi connectivity index (χ2n) is 10.0. The summed E-state index contributed by atoms with van der Waals surface area (Å²) >= 11 is 2.73. The molecule has 1 aromatic heterocycles. The Bertz CT molecular complexity index is 1260. The first-order valence-corrected chi connectivity index (χ1v) is 13.9. The molecule has 0 aliphatic rings. The molecule has 37 heavy (non-hydrogen) atoms. The Hall–Kier alpha value is -3.10. The van der Waals surface area contributed by atoms with E-state index in [2.05, 4.69) is 10.6 Å². The van der Waals surface area contributed by atoms with E-state index in [9.17, 15) is 14.4 Å². The van der Waals surface area contributed by atoms with E-state index in [1.165, 1.54) is 30.2 Å². The first kappa shape index (κ1) is 28.5. The molecule has 0 saturated carbocycles. The average Bonchev–Trinajstić information content (AvgIpc) is 3.24. The van der Waals surface area contributed by atoms with Gasteiger partial charge in [0.25, 0.3) is 0 Å². The van der Waals surface area contributed by atoms with Crippen molar-refractivity contribution in [2.45, 2.75) is 57.6 Å². The van der Waals surface area contributed by atoms with Crippen LogP contribution in [0, 0.1) is 12.3 Å². The van der Waals surface area contributed by atoms with E-state index in [-0.39, 0.29) is 17.2 Å². The number of ether oxygens (including phenoxy) is 1.